The second-order valence-corrected chi connectivity index (χ2v) is 3.89. The van der Waals surface area contributed by atoms with E-state index in [0.717, 1.165) is 0 Å². The molecule has 1 rings (SSSR count). The van der Waals surface area contributed by atoms with Gasteiger partial charge in [-0.15, -0.1) is 0 Å². The molecule has 0 aliphatic heterocycles. The van der Waals surface area contributed by atoms with Crippen LogP contribution >= 0.6 is 0 Å². The zero-order chi connectivity index (χ0) is 13.7. The lowest BCUT2D eigenvalue weighted by Crippen LogP contribution is -2.18. The standard InChI is InChI=1S/C12H20N2O4/c1-3-11(15)17-9-5-7(13)8(14)6-10(9)18-12(16)4-2/h5-6,11-12,15-16H,3-4,13-14H2,1-2H3. The fourth-order valence-electron chi connectivity index (χ4n) is 1.24. The monoisotopic (exact) mass is 256 g/mol. The van der Waals surface area contributed by atoms with Crippen LogP contribution in [0.3, 0.4) is 0 Å². The average molecular weight is 256 g/mol. The molecule has 18 heavy (non-hydrogen) atoms. The van der Waals surface area contributed by atoms with Crippen molar-refractivity contribution in [3.63, 3.8) is 0 Å². The van der Waals surface area contributed by atoms with Gasteiger partial charge in [-0.05, 0) is 0 Å². The molecule has 0 fully saturated rings. The van der Waals surface area contributed by atoms with E-state index in [4.69, 9.17) is 20.9 Å². The molecule has 6 heteroatoms. The van der Waals surface area contributed by atoms with Crippen LogP contribution in [0.15, 0.2) is 12.1 Å². The molecule has 0 spiro atoms. The van der Waals surface area contributed by atoms with Crippen molar-refractivity contribution in [2.24, 2.45) is 0 Å². The lowest BCUT2D eigenvalue weighted by molar-refractivity contribution is -0.0386. The van der Waals surface area contributed by atoms with Gasteiger partial charge in [0.2, 0.25) is 0 Å². The third-order valence-corrected chi connectivity index (χ3v) is 2.37. The lowest BCUT2D eigenvalue weighted by atomic mass is 10.2. The zero-order valence-corrected chi connectivity index (χ0v) is 10.6. The SMILES string of the molecule is CCC(O)Oc1cc(N)c(N)cc1OC(O)CC. The largest absolute Gasteiger partial charge is 0.461 e. The van der Waals surface area contributed by atoms with Gasteiger partial charge >= 0.3 is 0 Å². The third kappa shape index (κ3) is 3.68. The summed E-state index contributed by atoms with van der Waals surface area (Å²) in [6.07, 6.45) is -1.09. The van der Waals surface area contributed by atoms with Gasteiger partial charge in [-0.25, -0.2) is 0 Å². The Labute approximate surface area is 106 Å². The van der Waals surface area contributed by atoms with Gasteiger partial charge in [-0.1, -0.05) is 13.8 Å². The van der Waals surface area contributed by atoms with Crippen molar-refractivity contribution in [1.82, 2.24) is 0 Å². The predicted molar refractivity (Wildman–Crippen MR) is 69.1 cm³/mol. The van der Waals surface area contributed by atoms with E-state index in [1.807, 2.05) is 0 Å². The van der Waals surface area contributed by atoms with Gasteiger partial charge in [0.05, 0.1) is 11.4 Å². The number of nitrogen functional groups attached to an aromatic ring is 2. The van der Waals surface area contributed by atoms with Gasteiger partial charge in [-0.2, -0.15) is 0 Å². The molecule has 6 N–H and O–H groups in total. The Morgan fingerprint density at radius 1 is 0.944 bits per heavy atom. The summed E-state index contributed by atoms with van der Waals surface area (Å²) in [5.41, 5.74) is 12.0. The molecule has 0 aromatic heterocycles. The first-order chi connectivity index (χ1) is 8.47. The smallest absolute Gasteiger partial charge is 0.197 e. The fraction of sp³-hybridized carbons (Fsp3) is 0.500. The van der Waals surface area contributed by atoms with E-state index in [1.54, 1.807) is 13.8 Å². The Morgan fingerprint density at radius 3 is 1.56 bits per heavy atom. The minimum atomic E-state index is -0.964. The summed E-state index contributed by atoms with van der Waals surface area (Å²) in [6.45, 7) is 3.54. The van der Waals surface area contributed by atoms with Crippen molar-refractivity contribution < 1.29 is 19.7 Å². The van der Waals surface area contributed by atoms with E-state index in [2.05, 4.69) is 0 Å². The van der Waals surface area contributed by atoms with Gasteiger partial charge < -0.3 is 31.2 Å². The first-order valence-corrected chi connectivity index (χ1v) is 5.86. The molecule has 0 heterocycles. The van der Waals surface area contributed by atoms with Crippen LogP contribution in [0.4, 0.5) is 11.4 Å². The van der Waals surface area contributed by atoms with Crippen LogP contribution in [0.2, 0.25) is 0 Å². The molecule has 0 saturated carbocycles. The highest BCUT2D eigenvalue weighted by Gasteiger charge is 2.14. The van der Waals surface area contributed by atoms with Crippen molar-refractivity contribution in [1.29, 1.82) is 0 Å². The van der Waals surface area contributed by atoms with Crippen LogP contribution < -0.4 is 20.9 Å². The minimum Gasteiger partial charge on any atom is -0.461 e. The number of rotatable bonds is 6. The van der Waals surface area contributed by atoms with Gasteiger partial charge in [-0.3, -0.25) is 0 Å². The Bertz CT molecular complexity index is 361. The molecular formula is C12H20N2O4. The lowest BCUT2D eigenvalue weighted by Gasteiger charge is -2.19. The van der Waals surface area contributed by atoms with E-state index in [1.165, 1.54) is 12.1 Å². The fourth-order valence-corrected chi connectivity index (χ4v) is 1.24. The first kappa shape index (κ1) is 14.4. The topological polar surface area (TPSA) is 111 Å². The van der Waals surface area contributed by atoms with Crippen molar-refractivity contribution in [2.45, 2.75) is 39.3 Å². The summed E-state index contributed by atoms with van der Waals surface area (Å²) < 4.78 is 10.5. The first-order valence-electron chi connectivity index (χ1n) is 5.86. The van der Waals surface area contributed by atoms with E-state index >= 15 is 0 Å². The van der Waals surface area contributed by atoms with Crippen molar-refractivity contribution in [3.8, 4) is 11.5 Å². The van der Waals surface area contributed by atoms with Crippen LogP contribution in [0, 0.1) is 0 Å². The van der Waals surface area contributed by atoms with Crippen LogP contribution in [0.25, 0.3) is 0 Å². The quantitative estimate of drug-likeness (QED) is 0.447. The summed E-state index contributed by atoms with van der Waals surface area (Å²) in [4.78, 5) is 0. The molecule has 102 valence electrons. The Morgan fingerprint density at radius 2 is 1.28 bits per heavy atom. The van der Waals surface area contributed by atoms with Gasteiger partial charge in [0.15, 0.2) is 24.1 Å². The molecule has 0 radical (unpaired) electrons. The highest BCUT2D eigenvalue weighted by atomic mass is 16.6. The summed E-state index contributed by atoms with van der Waals surface area (Å²) in [7, 11) is 0. The van der Waals surface area contributed by atoms with E-state index in [-0.39, 0.29) is 11.5 Å². The normalized spacial score (nSPS) is 14.0. The second kappa shape index (κ2) is 6.32. The van der Waals surface area contributed by atoms with Crippen LogP contribution in [0.1, 0.15) is 26.7 Å². The van der Waals surface area contributed by atoms with Crippen molar-refractivity contribution >= 4 is 11.4 Å². The van der Waals surface area contributed by atoms with Gasteiger partial charge in [0, 0.05) is 25.0 Å². The Hall–Kier alpha value is -1.66. The predicted octanol–water partition coefficient (Wildman–Crippen LogP) is 1.07. The van der Waals surface area contributed by atoms with Crippen LogP contribution in [-0.4, -0.2) is 22.8 Å². The number of nitrogens with two attached hydrogens (primary N) is 2. The van der Waals surface area contributed by atoms with Crippen LogP contribution in [-0.2, 0) is 0 Å². The molecule has 6 nitrogen and oxygen atoms in total. The molecular weight excluding hydrogens is 236 g/mol. The summed E-state index contributed by atoms with van der Waals surface area (Å²) >= 11 is 0. The number of hydrogen-bond acceptors (Lipinski definition) is 6. The van der Waals surface area contributed by atoms with E-state index in [9.17, 15) is 10.2 Å². The number of benzene rings is 1. The van der Waals surface area contributed by atoms with Crippen molar-refractivity contribution in [2.75, 3.05) is 11.5 Å². The molecule has 2 unspecified atom stereocenters. The maximum atomic E-state index is 9.47. The molecule has 0 saturated heterocycles. The summed E-state index contributed by atoms with van der Waals surface area (Å²) in [5, 5.41) is 18.9. The van der Waals surface area contributed by atoms with Crippen LogP contribution in [0.5, 0.6) is 11.5 Å². The molecule has 0 aliphatic rings. The maximum Gasteiger partial charge on any atom is 0.197 e. The summed E-state index contributed by atoms with van der Waals surface area (Å²) in [6, 6.07) is 2.93. The second-order valence-electron chi connectivity index (χ2n) is 3.89. The average Bonchev–Trinajstić information content (AvgIpc) is 2.34. The number of aliphatic hydroxyl groups excluding tert-OH is 2. The number of hydrogen-bond donors (Lipinski definition) is 4. The highest BCUT2D eigenvalue weighted by Crippen LogP contribution is 2.35. The third-order valence-electron chi connectivity index (χ3n) is 2.37. The van der Waals surface area contributed by atoms with Gasteiger partial charge in [0.25, 0.3) is 0 Å². The molecule has 1 aromatic rings. The Balaban J connectivity index is 3.00. The maximum absolute atomic E-state index is 9.47. The molecule has 2 atom stereocenters. The number of ether oxygens (including phenoxy) is 2. The zero-order valence-electron chi connectivity index (χ0n) is 10.6. The molecule has 1 aromatic carbocycles. The van der Waals surface area contributed by atoms with Crippen molar-refractivity contribution in [3.05, 3.63) is 12.1 Å². The van der Waals surface area contributed by atoms with Gasteiger partial charge in [0.1, 0.15) is 0 Å². The minimum absolute atomic E-state index is 0.253. The highest BCUT2D eigenvalue weighted by molar-refractivity contribution is 5.69. The molecule has 0 amide bonds. The summed E-state index contributed by atoms with van der Waals surface area (Å²) in [5.74, 6) is 0.507. The number of aliphatic hydroxyl groups is 2. The van der Waals surface area contributed by atoms with E-state index in [0.29, 0.717) is 24.2 Å². The Kier molecular flexibility index (Phi) is 5.06. The molecule has 0 aliphatic carbocycles. The molecule has 0 bridgehead atoms. The van der Waals surface area contributed by atoms with E-state index < -0.39 is 12.6 Å². The number of anilines is 2.